The van der Waals surface area contributed by atoms with E-state index in [1.54, 1.807) is 17.8 Å². The van der Waals surface area contributed by atoms with E-state index in [4.69, 9.17) is 34.8 Å². The first kappa shape index (κ1) is 16.3. The Morgan fingerprint density at radius 3 is 2.70 bits per heavy atom. The van der Waals surface area contributed by atoms with Crippen LogP contribution < -0.4 is 5.32 Å². The van der Waals surface area contributed by atoms with E-state index in [-0.39, 0.29) is 11.2 Å². The van der Waals surface area contributed by atoms with Crippen LogP contribution in [0.4, 0.5) is 5.69 Å². The summed E-state index contributed by atoms with van der Waals surface area (Å²) in [4.78, 5) is 16.4. The summed E-state index contributed by atoms with van der Waals surface area (Å²) in [5.74, 6) is 0.834. The third-order valence-electron chi connectivity index (χ3n) is 2.47. The molecule has 0 saturated carbocycles. The van der Waals surface area contributed by atoms with Crippen LogP contribution in [0.25, 0.3) is 0 Å². The molecule has 3 nitrogen and oxygen atoms in total. The van der Waals surface area contributed by atoms with Crippen molar-refractivity contribution < 1.29 is 4.79 Å². The van der Waals surface area contributed by atoms with Crippen LogP contribution in [0, 0.1) is 0 Å². The molecular formula is C12H11Cl3N2OS2. The third-order valence-corrected chi connectivity index (χ3v) is 5.81. The van der Waals surface area contributed by atoms with Gasteiger partial charge >= 0.3 is 0 Å². The average Bonchev–Trinajstić information content (AvgIpc) is 2.88. The number of hydrogen-bond donors (Lipinski definition) is 1. The Hall–Kier alpha value is -0.0700. The van der Waals surface area contributed by atoms with E-state index in [1.165, 1.54) is 17.8 Å². The van der Waals surface area contributed by atoms with Crippen molar-refractivity contribution in [2.75, 3.05) is 17.6 Å². The molecule has 1 aliphatic rings. The largest absolute Gasteiger partial charge is 0.324 e. The van der Waals surface area contributed by atoms with E-state index in [0.717, 1.165) is 16.7 Å². The van der Waals surface area contributed by atoms with E-state index < -0.39 is 0 Å². The molecule has 0 radical (unpaired) electrons. The number of benzene rings is 1. The van der Waals surface area contributed by atoms with Crippen molar-refractivity contribution in [3.05, 3.63) is 27.2 Å². The second kappa shape index (κ2) is 7.27. The molecule has 2 rings (SSSR count). The number of carbonyl (C=O) groups is 1. The summed E-state index contributed by atoms with van der Waals surface area (Å²) in [5, 5.41) is 3.56. The fourth-order valence-electron chi connectivity index (χ4n) is 1.44. The number of aliphatic imine (C=N–C) groups is 1. The van der Waals surface area contributed by atoms with Crippen molar-refractivity contribution >= 4 is 74.3 Å². The van der Waals surface area contributed by atoms with Gasteiger partial charge in [0, 0.05) is 5.75 Å². The molecule has 1 aliphatic heterocycles. The zero-order chi connectivity index (χ0) is 14.7. The average molecular weight is 370 g/mol. The number of nitrogens with zero attached hydrogens (tertiary/aromatic N) is 1. The van der Waals surface area contributed by atoms with Gasteiger partial charge in [0.15, 0.2) is 0 Å². The van der Waals surface area contributed by atoms with Crippen LogP contribution >= 0.6 is 58.3 Å². The Morgan fingerprint density at radius 1 is 1.35 bits per heavy atom. The highest BCUT2D eigenvalue weighted by molar-refractivity contribution is 8.39. The van der Waals surface area contributed by atoms with Gasteiger partial charge in [-0.25, -0.2) is 0 Å². The molecule has 1 N–H and O–H groups in total. The van der Waals surface area contributed by atoms with Gasteiger partial charge in [0.1, 0.15) is 4.38 Å². The molecule has 20 heavy (non-hydrogen) atoms. The topological polar surface area (TPSA) is 41.5 Å². The molecule has 1 amide bonds. The summed E-state index contributed by atoms with van der Waals surface area (Å²) >= 11 is 20.9. The number of thioether (sulfide) groups is 2. The Morgan fingerprint density at radius 2 is 2.05 bits per heavy atom. The summed E-state index contributed by atoms with van der Waals surface area (Å²) in [7, 11) is 0. The summed E-state index contributed by atoms with van der Waals surface area (Å²) in [6.07, 6.45) is 0. The van der Waals surface area contributed by atoms with Crippen molar-refractivity contribution in [2.45, 2.75) is 12.2 Å². The van der Waals surface area contributed by atoms with Crippen molar-refractivity contribution in [1.82, 2.24) is 0 Å². The van der Waals surface area contributed by atoms with Gasteiger partial charge in [0.05, 0.1) is 32.5 Å². The summed E-state index contributed by atoms with van der Waals surface area (Å²) in [6.45, 7) is 2.65. The number of hydrogen-bond acceptors (Lipinski definition) is 4. The highest BCUT2D eigenvalue weighted by Crippen LogP contribution is 2.33. The lowest BCUT2D eigenvalue weighted by Gasteiger charge is -2.13. The predicted molar refractivity (Wildman–Crippen MR) is 91.9 cm³/mol. The highest BCUT2D eigenvalue weighted by Gasteiger charge is 2.20. The van der Waals surface area contributed by atoms with E-state index in [9.17, 15) is 4.79 Å². The molecule has 0 saturated heterocycles. The number of halogens is 3. The van der Waals surface area contributed by atoms with Crippen LogP contribution in [0.1, 0.15) is 6.92 Å². The van der Waals surface area contributed by atoms with Crippen LogP contribution in [0.2, 0.25) is 15.1 Å². The van der Waals surface area contributed by atoms with Crippen LogP contribution in [-0.4, -0.2) is 27.8 Å². The minimum atomic E-state index is -0.259. The molecule has 1 unspecified atom stereocenters. The summed E-state index contributed by atoms with van der Waals surface area (Å²) in [6, 6.07) is 3.05. The molecule has 0 fully saturated rings. The monoisotopic (exact) mass is 368 g/mol. The van der Waals surface area contributed by atoms with Crippen molar-refractivity contribution in [2.24, 2.45) is 4.99 Å². The molecule has 1 atom stereocenters. The van der Waals surface area contributed by atoms with Gasteiger partial charge in [-0.05, 0) is 19.1 Å². The Kier molecular flexibility index (Phi) is 5.93. The maximum Gasteiger partial charge on any atom is 0.237 e. The number of rotatable bonds is 3. The van der Waals surface area contributed by atoms with E-state index in [0.29, 0.717) is 20.8 Å². The van der Waals surface area contributed by atoms with Gasteiger partial charge < -0.3 is 5.32 Å². The first-order valence-corrected chi connectivity index (χ1v) is 8.76. The number of anilines is 1. The fourth-order valence-corrected chi connectivity index (χ4v) is 4.17. The Bertz CT molecular complexity index is 566. The van der Waals surface area contributed by atoms with Gasteiger partial charge in [-0.1, -0.05) is 58.3 Å². The van der Waals surface area contributed by atoms with Crippen LogP contribution in [0.5, 0.6) is 0 Å². The zero-order valence-electron chi connectivity index (χ0n) is 10.5. The smallest absolute Gasteiger partial charge is 0.237 e. The second-order valence-electron chi connectivity index (χ2n) is 3.99. The second-order valence-corrected chi connectivity index (χ2v) is 7.88. The molecule has 108 valence electrons. The number of nitrogens with one attached hydrogen (secondary N) is 1. The van der Waals surface area contributed by atoms with Gasteiger partial charge in [-0.15, -0.1) is 0 Å². The lowest BCUT2D eigenvalue weighted by atomic mass is 10.3. The van der Waals surface area contributed by atoms with E-state index >= 15 is 0 Å². The van der Waals surface area contributed by atoms with Gasteiger partial charge in [-0.2, -0.15) is 0 Å². The van der Waals surface area contributed by atoms with Crippen molar-refractivity contribution in [3.63, 3.8) is 0 Å². The zero-order valence-corrected chi connectivity index (χ0v) is 14.4. The molecular weight excluding hydrogens is 359 g/mol. The minimum absolute atomic E-state index is 0.148. The number of carbonyl (C=O) groups excluding carboxylic acids is 1. The van der Waals surface area contributed by atoms with Gasteiger partial charge in [0.2, 0.25) is 5.91 Å². The Labute approximate surface area is 140 Å². The van der Waals surface area contributed by atoms with E-state index in [1.807, 2.05) is 6.92 Å². The molecule has 0 aromatic heterocycles. The molecule has 1 aromatic carbocycles. The standard InChI is InChI=1S/C12H11Cl3N2OS2/c1-6(20-12-16-2-3-19-12)11(18)17-10-5-8(14)7(13)4-9(10)15/h4-6H,2-3H2,1H3,(H,17,18). The van der Waals surface area contributed by atoms with E-state index in [2.05, 4.69) is 10.3 Å². The predicted octanol–water partition coefficient (Wildman–Crippen LogP) is 4.81. The molecule has 8 heteroatoms. The lowest BCUT2D eigenvalue weighted by Crippen LogP contribution is -2.23. The van der Waals surface area contributed by atoms with Crippen LogP contribution in [-0.2, 0) is 4.79 Å². The normalized spacial score (nSPS) is 15.9. The summed E-state index contributed by atoms with van der Waals surface area (Å²) < 4.78 is 0.952. The van der Waals surface area contributed by atoms with Gasteiger partial charge in [-0.3, -0.25) is 9.79 Å². The maximum absolute atomic E-state index is 12.1. The number of amides is 1. The molecule has 0 bridgehead atoms. The summed E-state index contributed by atoms with van der Waals surface area (Å²) in [5.41, 5.74) is 0.458. The lowest BCUT2D eigenvalue weighted by molar-refractivity contribution is -0.115. The first-order valence-electron chi connectivity index (χ1n) is 5.76. The first-order chi connectivity index (χ1) is 9.47. The molecule has 1 heterocycles. The third kappa shape index (κ3) is 4.21. The quantitative estimate of drug-likeness (QED) is 0.777. The van der Waals surface area contributed by atoms with Crippen molar-refractivity contribution in [3.8, 4) is 0 Å². The minimum Gasteiger partial charge on any atom is -0.324 e. The molecule has 0 aliphatic carbocycles. The van der Waals surface area contributed by atoms with Crippen LogP contribution in [0.3, 0.4) is 0 Å². The van der Waals surface area contributed by atoms with Crippen molar-refractivity contribution in [1.29, 1.82) is 0 Å². The maximum atomic E-state index is 12.1. The van der Waals surface area contributed by atoms with Crippen LogP contribution in [0.15, 0.2) is 17.1 Å². The highest BCUT2D eigenvalue weighted by atomic mass is 35.5. The molecule has 1 aromatic rings. The molecule has 0 spiro atoms. The SMILES string of the molecule is CC(SC1=NCCS1)C(=O)Nc1cc(Cl)c(Cl)cc1Cl. The Balaban J connectivity index is 2.01. The fraction of sp³-hybridized carbons (Fsp3) is 0.333. The van der Waals surface area contributed by atoms with Gasteiger partial charge in [0.25, 0.3) is 0 Å².